The van der Waals surface area contributed by atoms with Crippen LogP contribution < -0.4 is 0 Å². The molecule has 1 unspecified atom stereocenters. The van der Waals surface area contributed by atoms with Crippen molar-refractivity contribution in [3.05, 3.63) is 24.8 Å². The molecule has 1 atom stereocenters. The Labute approximate surface area is 205 Å². The lowest BCUT2D eigenvalue weighted by atomic mass is 9.96. The van der Waals surface area contributed by atoms with Gasteiger partial charge in [-0.15, -0.1) is 0 Å². The maximum Gasteiger partial charge on any atom is 0.432 e. The molecule has 1 fully saturated rings. The van der Waals surface area contributed by atoms with E-state index < -0.39 is 45.4 Å². The highest BCUT2D eigenvalue weighted by molar-refractivity contribution is 14.1. The first-order valence-corrected chi connectivity index (χ1v) is 12.1. The van der Waals surface area contributed by atoms with Gasteiger partial charge in [-0.25, -0.2) is 8.42 Å². The number of likely N-dealkylation sites (tertiary alicyclic amines) is 1. The minimum absolute atomic E-state index is 0.0280. The Kier molecular flexibility index (Phi) is 8.24. The van der Waals surface area contributed by atoms with Crippen LogP contribution in [0, 0.1) is 13.1 Å². The number of hydrogen-bond donors (Lipinski definition) is 1. The standard InChI is InChI=1S/C16H14F5I2NO7S/c17-15(18,19)14(16(20,21)32(28,29)30)31-13(27)7-1-3-24(4-2-7)12(26)9-5-8(22)6-10(23)11(9)25/h5-7,14,25H,1-4H2,(H,28,29,30)/p-1. The third kappa shape index (κ3) is 5.91. The molecule has 1 amide bonds. The minimum atomic E-state index is -6.78. The third-order valence-electron chi connectivity index (χ3n) is 4.54. The van der Waals surface area contributed by atoms with Gasteiger partial charge in [0.2, 0.25) is 0 Å². The molecule has 0 radical (unpaired) electrons. The molecule has 1 N–H and O–H groups in total. The zero-order valence-corrected chi connectivity index (χ0v) is 20.7. The monoisotopic (exact) mass is 712 g/mol. The summed E-state index contributed by atoms with van der Waals surface area (Å²) in [6.45, 7) is -0.347. The number of hydrogen-bond acceptors (Lipinski definition) is 7. The Bertz CT molecular complexity index is 1010. The van der Waals surface area contributed by atoms with Gasteiger partial charge >= 0.3 is 17.4 Å². The maximum absolute atomic E-state index is 13.5. The van der Waals surface area contributed by atoms with Crippen LogP contribution in [0.3, 0.4) is 0 Å². The Morgan fingerprint density at radius 1 is 1.16 bits per heavy atom. The average molecular weight is 712 g/mol. The van der Waals surface area contributed by atoms with Gasteiger partial charge in [0.25, 0.3) is 12.0 Å². The summed E-state index contributed by atoms with van der Waals surface area (Å²) in [4.78, 5) is 25.9. The predicted molar refractivity (Wildman–Crippen MR) is 113 cm³/mol. The lowest BCUT2D eigenvalue weighted by Gasteiger charge is -2.34. The first kappa shape index (κ1) is 27.2. The van der Waals surface area contributed by atoms with Crippen LogP contribution >= 0.6 is 45.2 Å². The molecule has 2 rings (SSSR count). The van der Waals surface area contributed by atoms with E-state index >= 15 is 0 Å². The molecule has 180 valence electrons. The Balaban J connectivity index is 2.11. The summed E-state index contributed by atoms with van der Waals surface area (Å²) < 4.78 is 102. The van der Waals surface area contributed by atoms with Crippen LogP contribution in [0.4, 0.5) is 22.0 Å². The predicted octanol–water partition coefficient (Wildman–Crippen LogP) is 3.07. The summed E-state index contributed by atoms with van der Waals surface area (Å²) >= 11 is 3.74. The van der Waals surface area contributed by atoms with Crippen LogP contribution in [0.25, 0.3) is 0 Å². The van der Waals surface area contributed by atoms with E-state index in [1.165, 1.54) is 11.0 Å². The number of amides is 1. The largest absolute Gasteiger partial charge is 0.743 e. The molecule has 0 aromatic heterocycles. The Morgan fingerprint density at radius 3 is 2.16 bits per heavy atom. The van der Waals surface area contributed by atoms with Crippen molar-refractivity contribution in [1.29, 1.82) is 0 Å². The van der Waals surface area contributed by atoms with E-state index in [1.54, 1.807) is 6.07 Å². The fourth-order valence-corrected chi connectivity index (χ4v) is 5.18. The molecule has 16 heteroatoms. The molecule has 1 heterocycles. The van der Waals surface area contributed by atoms with E-state index in [1.807, 2.05) is 45.2 Å². The highest BCUT2D eigenvalue weighted by Gasteiger charge is 2.63. The third-order valence-corrected chi connectivity index (χ3v) is 6.87. The average Bonchev–Trinajstić information content (AvgIpc) is 2.66. The number of carbonyl (C=O) groups is 2. The normalized spacial score (nSPS) is 17.2. The van der Waals surface area contributed by atoms with Gasteiger partial charge in [0, 0.05) is 16.7 Å². The maximum atomic E-state index is 13.5. The smallest absolute Gasteiger partial charge is 0.432 e. The van der Waals surface area contributed by atoms with Crippen molar-refractivity contribution >= 4 is 67.2 Å². The zero-order chi connectivity index (χ0) is 24.6. The number of phenolic OH excluding ortho intramolecular Hbond substituents is 1. The van der Waals surface area contributed by atoms with Gasteiger partial charge < -0.3 is 19.3 Å². The van der Waals surface area contributed by atoms with Crippen LogP contribution in [0.5, 0.6) is 5.75 Å². The van der Waals surface area contributed by atoms with Gasteiger partial charge in [-0.05, 0) is 70.2 Å². The second kappa shape index (κ2) is 9.69. The van der Waals surface area contributed by atoms with Crippen LogP contribution in [0.2, 0.25) is 0 Å². The van der Waals surface area contributed by atoms with Gasteiger partial charge in [0.15, 0.2) is 10.1 Å². The fourth-order valence-electron chi connectivity index (χ4n) is 2.89. The molecular formula is C16H13F5I2NO7S-. The van der Waals surface area contributed by atoms with Crippen molar-refractivity contribution < 1.29 is 54.4 Å². The van der Waals surface area contributed by atoms with Gasteiger partial charge in [0.1, 0.15) is 5.75 Å². The van der Waals surface area contributed by atoms with E-state index in [2.05, 4.69) is 4.74 Å². The molecule has 32 heavy (non-hydrogen) atoms. The van der Waals surface area contributed by atoms with Crippen LogP contribution in [-0.4, -0.2) is 65.5 Å². The molecule has 0 bridgehead atoms. The Morgan fingerprint density at radius 2 is 1.69 bits per heavy atom. The number of carbonyl (C=O) groups excluding carboxylic acids is 2. The highest BCUT2D eigenvalue weighted by atomic mass is 127. The number of aromatic hydroxyl groups is 1. The SMILES string of the molecule is O=C(OC(C(F)(F)F)C(F)(F)S(=O)(=O)[O-])C1CCN(C(=O)c2cc(I)cc(I)c2O)CC1. The van der Waals surface area contributed by atoms with E-state index in [9.17, 15) is 49.6 Å². The molecule has 0 saturated carbocycles. The number of rotatable bonds is 5. The lowest BCUT2D eigenvalue weighted by Crippen LogP contribution is -2.53. The number of phenols is 1. The van der Waals surface area contributed by atoms with E-state index in [0.29, 0.717) is 7.14 Å². The molecule has 1 aromatic rings. The number of alkyl halides is 5. The number of esters is 1. The van der Waals surface area contributed by atoms with Crippen molar-refractivity contribution in [3.8, 4) is 5.75 Å². The van der Waals surface area contributed by atoms with E-state index in [0.717, 1.165) is 0 Å². The zero-order valence-electron chi connectivity index (χ0n) is 15.5. The lowest BCUT2D eigenvalue weighted by molar-refractivity contribution is -0.261. The van der Waals surface area contributed by atoms with Crippen LogP contribution in [-0.2, 0) is 19.6 Å². The minimum Gasteiger partial charge on any atom is -0.743 e. The number of ether oxygens (including phenoxy) is 1. The topological polar surface area (TPSA) is 124 Å². The molecule has 0 spiro atoms. The Hall–Kier alpha value is -1.02. The second-order valence-electron chi connectivity index (χ2n) is 6.72. The molecule has 1 saturated heterocycles. The van der Waals surface area contributed by atoms with Gasteiger partial charge in [-0.1, -0.05) is 0 Å². The molecule has 0 aliphatic carbocycles. The number of nitrogens with zero attached hydrogens (tertiary/aromatic N) is 1. The summed E-state index contributed by atoms with van der Waals surface area (Å²) in [5.41, 5.74) is -0.0280. The summed E-state index contributed by atoms with van der Waals surface area (Å²) in [6.07, 6.45) is -11.0. The van der Waals surface area contributed by atoms with Crippen molar-refractivity contribution in [2.75, 3.05) is 13.1 Å². The molecule has 8 nitrogen and oxygen atoms in total. The van der Waals surface area contributed by atoms with Gasteiger partial charge in [0.05, 0.1) is 15.1 Å². The molecule has 1 aliphatic heterocycles. The summed E-state index contributed by atoms with van der Waals surface area (Å²) in [6, 6.07) is 3.03. The van der Waals surface area contributed by atoms with Crippen molar-refractivity contribution in [3.63, 3.8) is 0 Å². The summed E-state index contributed by atoms with van der Waals surface area (Å²) in [7, 11) is -6.78. The van der Waals surface area contributed by atoms with Crippen LogP contribution in [0.1, 0.15) is 23.2 Å². The first-order valence-electron chi connectivity index (χ1n) is 8.54. The molecular weight excluding hydrogens is 699 g/mol. The number of piperidine rings is 1. The van der Waals surface area contributed by atoms with Gasteiger partial charge in [-0.3, -0.25) is 9.59 Å². The van der Waals surface area contributed by atoms with Crippen molar-refractivity contribution in [2.45, 2.75) is 30.4 Å². The van der Waals surface area contributed by atoms with E-state index in [-0.39, 0.29) is 37.2 Å². The number of benzene rings is 1. The first-order chi connectivity index (χ1) is 14.5. The molecule has 1 aliphatic rings. The van der Waals surface area contributed by atoms with E-state index in [4.69, 9.17) is 0 Å². The second-order valence-corrected chi connectivity index (χ2v) is 10.6. The fraction of sp³-hybridized carbons (Fsp3) is 0.500. The highest BCUT2D eigenvalue weighted by Crippen LogP contribution is 2.39. The molecule has 1 aromatic carbocycles. The van der Waals surface area contributed by atoms with Crippen molar-refractivity contribution in [2.24, 2.45) is 5.92 Å². The summed E-state index contributed by atoms with van der Waals surface area (Å²) in [5, 5.41) is 4.18. The number of halogens is 7. The van der Waals surface area contributed by atoms with Crippen LogP contribution in [0.15, 0.2) is 12.1 Å². The quantitative estimate of drug-likeness (QED) is 0.216. The van der Waals surface area contributed by atoms with Crippen molar-refractivity contribution in [1.82, 2.24) is 4.90 Å². The van der Waals surface area contributed by atoms with Gasteiger partial charge in [-0.2, -0.15) is 22.0 Å². The summed E-state index contributed by atoms with van der Waals surface area (Å²) in [5.74, 6) is -4.00.